The second-order valence-electron chi connectivity index (χ2n) is 4.97. The average Bonchev–Trinajstić information content (AvgIpc) is 2.44. The number of aryl methyl sites for hydroxylation is 1. The van der Waals surface area contributed by atoms with E-state index in [1.54, 1.807) is 31.2 Å². The van der Waals surface area contributed by atoms with Gasteiger partial charge >= 0.3 is 0 Å². The highest BCUT2D eigenvalue weighted by Gasteiger charge is 2.16. The van der Waals surface area contributed by atoms with Crippen molar-refractivity contribution >= 4 is 23.4 Å². The van der Waals surface area contributed by atoms with Crippen molar-refractivity contribution in [3.63, 3.8) is 0 Å². The molecular weight excluding hydrogens is 320 g/mol. The van der Waals surface area contributed by atoms with Crippen LogP contribution in [0.4, 0.5) is 0 Å². The van der Waals surface area contributed by atoms with Gasteiger partial charge in [0.1, 0.15) is 11.5 Å². The summed E-state index contributed by atoms with van der Waals surface area (Å²) in [6.45, 7) is 1.56. The van der Waals surface area contributed by atoms with Crippen LogP contribution in [-0.4, -0.2) is 22.0 Å². The lowest BCUT2D eigenvalue weighted by atomic mass is 10.1. The van der Waals surface area contributed by atoms with Crippen molar-refractivity contribution in [2.24, 2.45) is 0 Å². The zero-order valence-corrected chi connectivity index (χ0v) is 13.0. The van der Waals surface area contributed by atoms with Crippen LogP contribution in [0.15, 0.2) is 36.4 Å². The average molecular weight is 335 g/mol. The molecule has 0 aliphatic rings. The van der Waals surface area contributed by atoms with Crippen molar-refractivity contribution < 1.29 is 19.8 Å². The molecule has 2 rings (SSSR count). The van der Waals surface area contributed by atoms with Gasteiger partial charge in [-0.1, -0.05) is 23.7 Å². The Bertz CT molecular complexity index is 738. The lowest BCUT2D eigenvalue weighted by molar-refractivity contribution is -0.121. The maximum absolute atomic E-state index is 12.0. The number of rotatable bonds is 3. The van der Waals surface area contributed by atoms with Gasteiger partial charge in [-0.3, -0.25) is 20.4 Å². The van der Waals surface area contributed by atoms with Crippen molar-refractivity contribution in [2.45, 2.75) is 13.3 Å². The maximum Gasteiger partial charge on any atom is 0.273 e. The highest BCUT2D eigenvalue weighted by molar-refractivity contribution is 6.30. The molecule has 0 aliphatic carbocycles. The molecular formula is C16H15ClN2O4. The van der Waals surface area contributed by atoms with Crippen LogP contribution in [-0.2, 0) is 11.2 Å². The monoisotopic (exact) mass is 334 g/mol. The largest absolute Gasteiger partial charge is 0.508 e. The zero-order valence-electron chi connectivity index (χ0n) is 12.3. The van der Waals surface area contributed by atoms with Crippen LogP contribution in [0.5, 0.6) is 11.5 Å². The summed E-state index contributed by atoms with van der Waals surface area (Å²) in [5.74, 6) is -1.64. The number of hydrogen-bond donors (Lipinski definition) is 4. The molecule has 7 heteroatoms. The fourth-order valence-corrected chi connectivity index (χ4v) is 2.32. The van der Waals surface area contributed by atoms with Crippen LogP contribution in [0, 0.1) is 6.92 Å². The van der Waals surface area contributed by atoms with Crippen molar-refractivity contribution in [3.8, 4) is 11.5 Å². The van der Waals surface area contributed by atoms with E-state index in [0.29, 0.717) is 16.1 Å². The number of phenols is 2. The van der Waals surface area contributed by atoms with E-state index >= 15 is 0 Å². The highest BCUT2D eigenvalue weighted by Crippen LogP contribution is 2.26. The smallest absolute Gasteiger partial charge is 0.273 e. The Kier molecular flexibility index (Phi) is 5.08. The van der Waals surface area contributed by atoms with Crippen LogP contribution in [0.2, 0.25) is 5.02 Å². The summed E-state index contributed by atoms with van der Waals surface area (Å²) in [7, 11) is 0. The summed E-state index contributed by atoms with van der Waals surface area (Å²) >= 11 is 5.83. The third kappa shape index (κ3) is 4.37. The number of amides is 2. The van der Waals surface area contributed by atoms with E-state index in [1.807, 2.05) is 0 Å². The number of carbonyl (C=O) groups is 2. The summed E-state index contributed by atoms with van der Waals surface area (Å²) in [6.07, 6.45) is 0.0430. The third-order valence-electron chi connectivity index (χ3n) is 3.10. The summed E-state index contributed by atoms with van der Waals surface area (Å²) in [6, 6.07) is 9.20. The molecule has 0 saturated carbocycles. The Morgan fingerprint density at radius 3 is 2.52 bits per heavy atom. The van der Waals surface area contributed by atoms with Crippen LogP contribution < -0.4 is 10.9 Å². The fraction of sp³-hybridized carbons (Fsp3) is 0.125. The van der Waals surface area contributed by atoms with E-state index in [2.05, 4.69) is 10.9 Å². The lowest BCUT2D eigenvalue weighted by Crippen LogP contribution is -2.42. The van der Waals surface area contributed by atoms with E-state index in [9.17, 15) is 19.8 Å². The summed E-state index contributed by atoms with van der Waals surface area (Å²) < 4.78 is 0. The van der Waals surface area contributed by atoms with Gasteiger partial charge < -0.3 is 10.2 Å². The molecule has 0 fully saturated rings. The molecule has 0 radical (unpaired) electrons. The Labute approximate surface area is 137 Å². The SMILES string of the molecule is Cc1cc(O)cc(O)c1C(=O)NNC(=O)Cc1cccc(Cl)c1. The highest BCUT2D eigenvalue weighted by atomic mass is 35.5. The fourth-order valence-electron chi connectivity index (χ4n) is 2.11. The van der Waals surface area contributed by atoms with Gasteiger partial charge in [-0.25, -0.2) is 0 Å². The second-order valence-corrected chi connectivity index (χ2v) is 5.40. The molecule has 6 nitrogen and oxygen atoms in total. The Morgan fingerprint density at radius 1 is 1.13 bits per heavy atom. The molecule has 0 heterocycles. The number of hydrogen-bond acceptors (Lipinski definition) is 4. The number of benzene rings is 2. The van der Waals surface area contributed by atoms with Gasteiger partial charge in [0, 0.05) is 11.1 Å². The van der Waals surface area contributed by atoms with Crippen molar-refractivity contribution in [1.82, 2.24) is 10.9 Å². The Hall–Kier alpha value is -2.73. The molecule has 0 saturated heterocycles. The normalized spacial score (nSPS) is 10.2. The minimum absolute atomic E-state index is 0.0224. The lowest BCUT2D eigenvalue weighted by Gasteiger charge is -2.11. The van der Waals surface area contributed by atoms with Gasteiger partial charge in [0.05, 0.1) is 12.0 Å². The zero-order chi connectivity index (χ0) is 17.0. The quantitative estimate of drug-likeness (QED) is 0.646. The minimum atomic E-state index is -0.681. The minimum Gasteiger partial charge on any atom is -0.508 e. The van der Waals surface area contributed by atoms with Gasteiger partial charge in [0.25, 0.3) is 5.91 Å². The van der Waals surface area contributed by atoms with E-state index in [0.717, 1.165) is 6.07 Å². The van der Waals surface area contributed by atoms with Crippen LogP contribution in [0.25, 0.3) is 0 Å². The number of halogens is 1. The van der Waals surface area contributed by atoms with Crippen molar-refractivity contribution in [1.29, 1.82) is 0 Å². The molecule has 0 atom stereocenters. The molecule has 0 bridgehead atoms. The number of hydrazine groups is 1. The van der Waals surface area contributed by atoms with Gasteiger partial charge in [-0.05, 0) is 36.2 Å². The summed E-state index contributed by atoms with van der Waals surface area (Å²) in [5, 5.41) is 19.6. The first kappa shape index (κ1) is 16.6. The molecule has 0 aliphatic heterocycles. The standard InChI is InChI=1S/C16H15ClN2O4/c1-9-5-12(20)8-13(21)15(9)16(23)19-18-14(22)7-10-3-2-4-11(17)6-10/h2-6,8,20-21H,7H2,1H3,(H,18,22)(H,19,23). The summed E-state index contributed by atoms with van der Waals surface area (Å²) in [5.41, 5.74) is 5.54. The maximum atomic E-state index is 12.0. The topological polar surface area (TPSA) is 98.7 Å². The van der Waals surface area contributed by atoms with E-state index in [-0.39, 0.29) is 23.5 Å². The Morgan fingerprint density at radius 2 is 1.87 bits per heavy atom. The van der Waals surface area contributed by atoms with Crippen molar-refractivity contribution in [3.05, 3.63) is 58.1 Å². The van der Waals surface area contributed by atoms with Crippen molar-refractivity contribution in [2.75, 3.05) is 0 Å². The third-order valence-corrected chi connectivity index (χ3v) is 3.33. The van der Waals surface area contributed by atoms with Gasteiger partial charge in [0.15, 0.2) is 0 Å². The first-order chi connectivity index (χ1) is 10.9. The first-order valence-electron chi connectivity index (χ1n) is 6.73. The van der Waals surface area contributed by atoms with Crippen LogP contribution in [0.1, 0.15) is 21.5 Å². The molecule has 4 N–H and O–H groups in total. The molecule has 120 valence electrons. The number of aromatic hydroxyl groups is 2. The van der Waals surface area contributed by atoms with Crippen LogP contribution >= 0.6 is 11.6 Å². The van der Waals surface area contributed by atoms with E-state index in [4.69, 9.17) is 11.6 Å². The number of carbonyl (C=O) groups excluding carboxylic acids is 2. The predicted octanol–water partition coefficient (Wildman–Crippen LogP) is 2.06. The molecule has 2 amide bonds. The number of nitrogens with one attached hydrogen (secondary N) is 2. The molecule has 0 spiro atoms. The van der Waals surface area contributed by atoms with Crippen LogP contribution in [0.3, 0.4) is 0 Å². The predicted molar refractivity (Wildman–Crippen MR) is 85.3 cm³/mol. The first-order valence-corrected chi connectivity index (χ1v) is 7.11. The van der Waals surface area contributed by atoms with Gasteiger partial charge in [-0.15, -0.1) is 0 Å². The molecule has 23 heavy (non-hydrogen) atoms. The summed E-state index contributed by atoms with van der Waals surface area (Å²) in [4.78, 5) is 23.8. The molecule has 2 aromatic rings. The molecule has 0 unspecified atom stereocenters. The Balaban J connectivity index is 1.98. The number of phenolic OH excluding ortho intramolecular Hbond substituents is 2. The van der Waals surface area contributed by atoms with Gasteiger partial charge in [-0.2, -0.15) is 0 Å². The van der Waals surface area contributed by atoms with E-state index < -0.39 is 11.8 Å². The van der Waals surface area contributed by atoms with E-state index in [1.165, 1.54) is 6.07 Å². The second kappa shape index (κ2) is 7.02. The van der Waals surface area contributed by atoms with Gasteiger partial charge in [0.2, 0.25) is 5.91 Å². The molecule has 0 aromatic heterocycles. The molecule has 2 aromatic carbocycles.